The van der Waals surface area contributed by atoms with Gasteiger partial charge in [0.15, 0.2) is 28.8 Å². The van der Waals surface area contributed by atoms with Crippen molar-refractivity contribution in [3.63, 3.8) is 0 Å². The van der Waals surface area contributed by atoms with Crippen LogP contribution in [0.2, 0.25) is 0 Å². The van der Waals surface area contributed by atoms with E-state index in [1.807, 2.05) is 24.3 Å². The number of pyridine rings is 1. The van der Waals surface area contributed by atoms with Crippen LogP contribution in [0.3, 0.4) is 0 Å². The van der Waals surface area contributed by atoms with E-state index in [4.69, 9.17) is 3.07 Å². The van der Waals surface area contributed by atoms with Crippen molar-refractivity contribution in [1.82, 2.24) is 15.0 Å². The number of anilines is 2. The first kappa shape index (κ1) is 21.8. The number of nitrogens with one attached hydrogen (secondary N) is 1. The second-order valence-corrected chi connectivity index (χ2v) is 8.02. The maximum absolute atomic E-state index is 13.9. The molecule has 11 heteroatoms. The molecule has 160 valence electrons. The highest BCUT2D eigenvalue weighted by molar-refractivity contribution is 14.1. The zero-order valence-electron chi connectivity index (χ0n) is 16.1. The summed E-state index contributed by atoms with van der Waals surface area (Å²) < 4.78 is 32.7. The van der Waals surface area contributed by atoms with Gasteiger partial charge in [0.05, 0.1) is 17.8 Å². The molecule has 3 aromatic rings. The van der Waals surface area contributed by atoms with Crippen LogP contribution < -0.4 is 18.6 Å². The highest BCUT2D eigenvalue weighted by Crippen LogP contribution is 2.38. The van der Waals surface area contributed by atoms with Gasteiger partial charge in [0.2, 0.25) is 0 Å². The number of aromatic nitrogens is 3. The number of hydrogen-bond donors (Lipinski definition) is 1. The van der Waals surface area contributed by atoms with Crippen molar-refractivity contribution in [2.24, 2.45) is 0 Å². The number of carbonyl (C=O) groups excluding carboxylic acids is 1. The van der Waals surface area contributed by atoms with Gasteiger partial charge in [-0.2, -0.15) is 0 Å². The summed E-state index contributed by atoms with van der Waals surface area (Å²) in [6.07, 6.45) is 3.96. The molecule has 0 aliphatic carbocycles. The lowest BCUT2D eigenvalue weighted by Crippen LogP contribution is -2.27. The normalized spacial score (nSPS) is 15.0. The molecule has 1 saturated heterocycles. The molecule has 1 unspecified atom stereocenters. The quantitative estimate of drug-likeness (QED) is 0.381. The summed E-state index contributed by atoms with van der Waals surface area (Å²) in [6.45, 7) is -0.320. The van der Waals surface area contributed by atoms with Crippen molar-refractivity contribution in [3.05, 3.63) is 54.5 Å². The van der Waals surface area contributed by atoms with Crippen LogP contribution >= 0.6 is 32.2 Å². The van der Waals surface area contributed by atoms with Crippen molar-refractivity contribution in [2.45, 2.75) is 12.3 Å². The summed E-state index contributed by atoms with van der Waals surface area (Å²) in [7, 11) is 2.65. The maximum Gasteiger partial charge on any atom is 0.326 e. The van der Waals surface area contributed by atoms with Crippen molar-refractivity contribution in [2.75, 3.05) is 23.3 Å². The van der Waals surface area contributed by atoms with Crippen LogP contribution in [0.15, 0.2) is 48.9 Å². The highest BCUT2D eigenvalue weighted by Gasteiger charge is 2.40. The third-order valence-electron chi connectivity index (χ3n) is 4.85. The van der Waals surface area contributed by atoms with Gasteiger partial charge >= 0.3 is 6.01 Å². The van der Waals surface area contributed by atoms with Gasteiger partial charge in [0, 0.05) is 37.1 Å². The molecule has 7 nitrogen and oxygen atoms in total. The summed E-state index contributed by atoms with van der Waals surface area (Å²) in [4.78, 5) is 26.7. The minimum Gasteiger partial charge on any atom is -0.392 e. The Hall–Kier alpha value is -2.46. The van der Waals surface area contributed by atoms with Gasteiger partial charge < -0.3 is 13.3 Å². The minimum absolute atomic E-state index is 0.121. The number of carbonyl (C=O) groups is 1. The molecule has 1 aliphatic heterocycles. The Morgan fingerprint density at radius 2 is 1.90 bits per heavy atom. The number of halogens is 3. The Balaban J connectivity index is 1.77. The number of amides is 1. The molecule has 4 rings (SSSR count). The van der Waals surface area contributed by atoms with E-state index in [1.54, 1.807) is 35.3 Å². The van der Waals surface area contributed by atoms with E-state index in [2.05, 4.69) is 29.5 Å². The zero-order chi connectivity index (χ0) is 22.0. The molecule has 3 heterocycles. The molecule has 1 atom stereocenters. The molecule has 0 spiro atoms. The van der Waals surface area contributed by atoms with Gasteiger partial charge in [-0.1, -0.05) is 24.3 Å². The average Bonchev–Trinajstić information content (AvgIpc) is 3.14. The smallest absolute Gasteiger partial charge is 0.326 e. The van der Waals surface area contributed by atoms with Crippen LogP contribution in [0, 0.1) is 0 Å². The van der Waals surface area contributed by atoms with Gasteiger partial charge in [-0.05, 0) is 16.9 Å². The summed E-state index contributed by atoms with van der Waals surface area (Å²) in [5, 5.41) is 3.74. The van der Waals surface area contributed by atoms with Gasteiger partial charge in [0.1, 0.15) is 0 Å². The Bertz CT molecular complexity index is 1120. The van der Waals surface area contributed by atoms with Gasteiger partial charge in [-0.3, -0.25) is 4.79 Å². The zero-order valence-corrected chi connectivity index (χ0v) is 19.4. The van der Waals surface area contributed by atoms with E-state index in [-0.39, 0.29) is 24.5 Å². The van der Waals surface area contributed by atoms with Crippen molar-refractivity contribution >= 4 is 55.0 Å². The van der Waals surface area contributed by atoms with Crippen molar-refractivity contribution in [3.8, 4) is 17.1 Å². The van der Waals surface area contributed by atoms with Gasteiger partial charge in [-0.25, -0.2) is 23.7 Å². The molecule has 1 amide bonds. The molecule has 1 aliphatic rings. The van der Waals surface area contributed by atoms with Crippen LogP contribution in [0.1, 0.15) is 16.8 Å². The monoisotopic (exact) mass is 555 g/mol. The molecule has 0 saturated carbocycles. The van der Waals surface area contributed by atoms with E-state index in [1.165, 1.54) is 17.3 Å². The second-order valence-electron chi connectivity index (χ2n) is 6.96. The Morgan fingerprint density at radius 1 is 1.16 bits per heavy atom. The molecule has 1 fully saturated rings. The largest absolute Gasteiger partial charge is 0.392 e. The van der Waals surface area contributed by atoms with Crippen LogP contribution in [0.4, 0.5) is 20.3 Å². The molecular formula is C20H17F2IN5O2P. The lowest BCUT2D eigenvalue weighted by atomic mass is 10.0. The van der Waals surface area contributed by atoms with Crippen LogP contribution in [-0.2, 0) is 0 Å². The second kappa shape index (κ2) is 8.96. The van der Waals surface area contributed by atoms with Gasteiger partial charge in [0.25, 0.3) is 11.8 Å². The number of benzene rings is 1. The number of alkyl halides is 2. The minimum atomic E-state index is -2.80. The lowest BCUT2D eigenvalue weighted by Gasteiger charge is -2.23. The first-order chi connectivity index (χ1) is 14.9. The van der Waals surface area contributed by atoms with Crippen LogP contribution in [0.25, 0.3) is 11.1 Å². The van der Waals surface area contributed by atoms with E-state index in [9.17, 15) is 13.6 Å². The third-order valence-corrected chi connectivity index (χ3v) is 5.75. The number of rotatable bonds is 5. The average molecular weight is 555 g/mol. The van der Waals surface area contributed by atoms with E-state index >= 15 is 0 Å². The third kappa shape index (κ3) is 4.74. The molecule has 0 bridgehead atoms. The molecule has 0 radical (unpaired) electrons. The highest BCUT2D eigenvalue weighted by atomic mass is 127. The molecule has 1 N–H and O–H groups in total. The van der Waals surface area contributed by atoms with E-state index < -0.39 is 18.4 Å². The molecular weight excluding hydrogens is 538 g/mol. The first-order valence-electron chi connectivity index (χ1n) is 9.26. The summed E-state index contributed by atoms with van der Waals surface area (Å²) in [5.41, 5.74) is 2.06. The standard InChI is InChI=1S/C20H17F2IN5O2P/c21-20(22)6-8-28(11-20)17-16(27-18(29)12-9-25-19(30-23)26-10-12)14(5-7-24-17)13-3-1-2-4-15(13)31/h1-5,7,9-10H,6,8,11,31H2,(H,27,29). The summed E-state index contributed by atoms with van der Waals surface area (Å²) in [6, 6.07) is 9.43. The summed E-state index contributed by atoms with van der Waals surface area (Å²) in [5.74, 6) is -2.99. The topological polar surface area (TPSA) is 80.2 Å². The SMILES string of the molecule is O=C(Nc1c(-c2ccccc2P)ccnc1N1CCC(F)(F)C1)c1cnc(OI)nc1. The predicted molar refractivity (Wildman–Crippen MR) is 125 cm³/mol. The van der Waals surface area contributed by atoms with Crippen LogP contribution in [-0.4, -0.2) is 39.9 Å². The lowest BCUT2D eigenvalue weighted by molar-refractivity contribution is 0.0257. The fraction of sp³-hybridized carbons (Fsp3) is 0.200. The Morgan fingerprint density at radius 3 is 2.55 bits per heavy atom. The maximum atomic E-state index is 13.9. The first-order valence-corrected chi connectivity index (χ1v) is 10.7. The van der Waals surface area contributed by atoms with Crippen LogP contribution in [0.5, 0.6) is 6.01 Å². The van der Waals surface area contributed by atoms with Crippen molar-refractivity contribution < 1.29 is 16.6 Å². The predicted octanol–water partition coefficient (Wildman–Crippen LogP) is 3.87. The number of hydrogen-bond acceptors (Lipinski definition) is 6. The fourth-order valence-corrected chi connectivity index (χ4v) is 3.95. The Kier molecular flexibility index (Phi) is 6.29. The van der Waals surface area contributed by atoms with E-state index in [0.717, 1.165) is 10.9 Å². The van der Waals surface area contributed by atoms with Gasteiger partial charge in [-0.15, -0.1) is 9.24 Å². The Labute approximate surface area is 193 Å². The molecule has 31 heavy (non-hydrogen) atoms. The molecule has 1 aromatic carbocycles. The fourth-order valence-electron chi connectivity index (χ4n) is 3.36. The van der Waals surface area contributed by atoms with Crippen molar-refractivity contribution in [1.29, 1.82) is 0 Å². The molecule has 2 aromatic heterocycles. The summed E-state index contributed by atoms with van der Waals surface area (Å²) >= 11 is 1.64. The van der Waals surface area contributed by atoms with E-state index in [0.29, 0.717) is 17.1 Å². The number of nitrogens with zero attached hydrogens (tertiary/aromatic N) is 4.